The largest absolute Gasteiger partial charge is 0.393 e. The molecule has 0 unspecified atom stereocenters. The van der Waals surface area contributed by atoms with Crippen molar-refractivity contribution >= 4 is 57.3 Å². The number of halogens is 4. The van der Waals surface area contributed by atoms with E-state index in [0.717, 1.165) is 57.7 Å². The molecule has 2 fully saturated rings. The van der Waals surface area contributed by atoms with E-state index in [1.807, 2.05) is 37.2 Å². The quantitative estimate of drug-likeness (QED) is 0.184. The number of piperidine rings is 2. The zero-order valence-corrected chi connectivity index (χ0v) is 30.0. The van der Waals surface area contributed by atoms with Crippen LogP contribution in [0.2, 0.25) is 10.3 Å². The van der Waals surface area contributed by atoms with Gasteiger partial charge in [-0.25, -0.2) is 28.7 Å². The third-order valence-corrected chi connectivity index (χ3v) is 9.22. The first-order valence-electron chi connectivity index (χ1n) is 16.6. The average molecular weight is 748 g/mol. The first kappa shape index (κ1) is 36.3. The van der Waals surface area contributed by atoms with Gasteiger partial charge in [0.1, 0.15) is 34.3 Å². The fourth-order valence-corrected chi connectivity index (χ4v) is 6.18. The van der Waals surface area contributed by atoms with Gasteiger partial charge >= 0.3 is 12.0 Å². The van der Waals surface area contributed by atoms with Gasteiger partial charge in [-0.3, -0.25) is 0 Å². The molecule has 8 rings (SSSR count). The van der Waals surface area contributed by atoms with Gasteiger partial charge in [0, 0.05) is 56.5 Å². The summed E-state index contributed by atoms with van der Waals surface area (Å²) >= 11 is 11.6. The summed E-state index contributed by atoms with van der Waals surface area (Å²) in [6.45, 7) is 11.2. The number of aromatic amines is 1. The Labute approximate surface area is 301 Å². The van der Waals surface area contributed by atoms with E-state index >= 15 is 0 Å². The van der Waals surface area contributed by atoms with Crippen LogP contribution in [0.1, 0.15) is 82.9 Å². The van der Waals surface area contributed by atoms with Crippen molar-refractivity contribution in [3.8, 4) is 0 Å². The molecule has 0 radical (unpaired) electrons. The number of rotatable bonds is 5. The van der Waals surface area contributed by atoms with Gasteiger partial charge in [0.2, 0.25) is 0 Å². The third-order valence-electron chi connectivity index (χ3n) is 8.65. The normalized spacial score (nSPS) is 15.8. The summed E-state index contributed by atoms with van der Waals surface area (Å²) in [5, 5.41) is 18.1. The van der Waals surface area contributed by atoms with Crippen molar-refractivity contribution in [1.29, 1.82) is 0 Å². The maximum atomic E-state index is 14.2. The maximum Gasteiger partial charge on any atom is 0.324 e. The first-order chi connectivity index (χ1) is 24.5. The van der Waals surface area contributed by atoms with Gasteiger partial charge in [-0.15, -0.1) is 0 Å². The molecule has 2 saturated heterocycles. The Morgan fingerprint density at radius 2 is 1.29 bits per heavy atom. The third kappa shape index (κ3) is 8.20. The van der Waals surface area contributed by atoms with Crippen molar-refractivity contribution in [3.63, 3.8) is 0 Å². The minimum Gasteiger partial charge on any atom is -0.393 e. The van der Waals surface area contributed by atoms with Crippen molar-refractivity contribution in [2.75, 3.05) is 36.0 Å². The maximum absolute atomic E-state index is 14.2. The van der Waals surface area contributed by atoms with Crippen molar-refractivity contribution in [2.24, 2.45) is 0 Å². The van der Waals surface area contributed by atoms with Gasteiger partial charge in [0.25, 0.3) is 0 Å². The number of H-pyrrole nitrogens is 1. The van der Waals surface area contributed by atoms with Crippen LogP contribution in [-0.4, -0.2) is 87.2 Å². The van der Waals surface area contributed by atoms with Crippen LogP contribution >= 0.6 is 23.2 Å². The van der Waals surface area contributed by atoms with Crippen LogP contribution in [0.15, 0.2) is 34.1 Å². The predicted molar refractivity (Wildman–Crippen MR) is 186 cm³/mol. The number of hydrogen-bond acceptors (Lipinski definition) is 13. The minimum atomic E-state index is -0.425. The molecule has 51 heavy (non-hydrogen) atoms. The van der Waals surface area contributed by atoms with Crippen LogP contribution in [0.25, 0.3) is 22.1 Å². The summed E-state index contributed by atoms with van der Waals surface area (Å²) < 4.78 is 39.4. The van der Waals surface area contributed by atoms with Crippen LogP contribution in [0.5, 0.6) is 0 Å². The molecule has 2 aliphatic heterocycles. The van der Waals surface area contributed by atoms with E-state index in [0.29, 0.717) is 29.1 Å². The van der Waals surface area contributed by atoms with E-state index in [1.165, 1.54) is 25.0 Å². The molecular formula is C32H38Cl2F2N12O3. The zero-order valence-electron chi connectivity index (χ0n) is 28.5. The Kier molecular flexibility index (Phi) is 11.3. The summed E-state index contributed by atoms with van der Waals surface area (Å²) in [6, 6.07) is 1.28. The molecule has 0 aliphatic carbocycles. The number of aliphatic hydroxyl groups is 1. The second-order valence-electron chi connectivity index (χ2n) is 12.9. The van der Waals surface area contributed by atoms with Crippen LogP contribution in [-0.2, 0) is 0 Å². The number of hydrogen-bond donors (Lipinski definition) is 2. The highest BCUT2D eigenvalue weighted by atomic mass is 35.5. The van der Waals surface area contributed by atoms with Crippen LogP contribution in [0, 0.1) is 11.6 Å². The fourth-order valence-electron chi connectivity index (χ4n) is 5.74. The Morgan fingerprint density at radius 3 is 1.82 bits per heavy atom. The topological polar surface area (TPSA) is 177 Å². The van der Waals surface area contributed by atoms with Crippen molar-refractivity contribution < 1.29 is 22.9 Å². The predicted octanol–water partition coefficient (Wildman–Crippen LogP) is 6.48. The fraction of sp³-hybridized carbons (Fsp3) is 0.500. The molecule has 0 bridgehead atoms. The molecule has 0 atom stereocenters. The van der Waals surface area contributed by atoms with Gasteiger partial charge in [0.05, 0.1) is 16.9 Å². The summed E-state index contributed by atoms with van der Waals surface area (Å²) in [5.74, 6) is 1.16. The Balaban J connectivity index is 0.000000146. The first-order valence-corrected chi connectivity index (χ1v) is 17.4. The highest BCUT2D eigenvalue weighted by Gasteiger charge is 2.27. The number of nitrogens with one attached hydrogen (secondary N) is 1. The average Bonchev–Trinajstić information content (AvgIpc) is 3.93. The van der Waals surface area contributed by atoms with E-state index in [1.54, 1.807) is 0 Å². The lowest BCUT2D eigenvalue weighted by molar-refractivity contribution is 0.143. The lowest BCUT2D eigenvalue weighted by Gasteiger charge is -2.31. The number of nitrogens with zero attached hydrogens (tertiary/aromatic N) is 11. The van der Waals surface area contributed by atoms with Gasteiger partial charge in [-0.2, -0.15) is 9.97 Å². The second-order valence-corrected chi connectivity index (χ2v) is 13.6. The number of aromatic nitrogens is 10. The van der Waals surface area contributed by atoms with E-state index in [2.05, 4.69) is 50.1 Å². The van der Waals surface area contributed by atoms with Crippen LogP contribution < -0.4 is 9.80 Å². The second kappa shape index (κ2) is 15.8. The Bertz CT molecular complexity index is 2050. The lowest BCUT2D eigenvalue weighted by atomic mass is 10.1. The number of fused-ring (bicyclic) bond motifs is 2. The summed E-state index contributed by atoms with van der Waals surface area (Å²) in [5.41, 5.74) is 0.957. The SMILES string of the molecule is CC(C)c1noc(N2CCC(O)CC2)n1.CC(C)c1noc(N2CCC(n3cc(F)c4c(Cl)ncnc43)CC2)n1.Fc1c[nH]c2ncnc(Cl)c12. The van der Waals surface area contributed by atoms with Crippen molar-refractivity contribution in [1.82, 2.24) is 49.8 Å². The molecule has 2 N–H and O–H groups in total. The molecule has 19 heteroatoms. The van der Waals surface area contributed by atoms with E-state index < -0.39 is 5.82 Å². The van der Waals surface area contributed by atoms with E-state index in [4.69, 9.17) is 32.2 Å². The molecular weight excluding hydrogens is 709 g/mol. The number of aliphatic hydroxyl groups excluding tert-OH is 1. The summed E-state index contributed by atoms with van der Waals surface area (Å²) in [4.78, 5) is 31.0. The molecule has 0 saturated carbocycles. The molecule has 6 aromatic rings. The smallest absolute Gasteiger partial charge is 0.324 e. The molecule has 6 aromatic heterocycles. The Morgan fingerprint density at radius 1 is 0.765 bits per heavy atom. The molecule has 0 amide bonds. The van der Waals surface area contributed by atoms with Crippen molar-refractivity contribution in [2.45, 2.75) is 77.4 Å². The minimum absolute atomic E-state index is 0.133. The van der Waals surface area contributed by atoms with Gasteiger partial charge in [-0.05, 0) is 25.7 Å². The Hall–Kier alpha value is -4.48. The number of anilines is 2. The standard InChI is InChI=1S/C16H18ClFN6O.C10H17N3O2.C6H3ClFN3/c1-9(2)14-21-16(25-22-14)23-5-3-10(4-6-23)24-7-11(18)12-13(17)19-8-20-15(12)24;1-7(2)9-11-10(15-12-9)13-5-3-8(14)4-6-13;7-5-4-3(8)1-9-6(4)11-2-10-5/h7-10H,3-6H2,1-2H3;7-8,14H,3-6H2,1-2H3;1-2H,(H,9,10,11). The lowest BCUT2D eigenvalue weighted by Crippen LogP contribution is -2.36. The van der Waals surface area contributed by atoms with Gasteiger partial charge in [-0.1, -0.05) is 61.2 Å². The molecule has 2 aliphatic rings. The van der Waals surface area contributed by atoms with Crippen LogP contribution in [0.4, 0.5) is 20.8 Å². The molecule has 272 valence electrons. The molecule has 8 heterocycles. The molecule has 0 spiro atoms. The van der Waals surface area contributed by atoms with Gasteiger partial charge in [0.15, 0.2) is 23.3 Å². The van der Waals surface area contributed by atoms with Gasteiger partial charge < -0.3 is 33.5 Å². The van der Waals surface area contributed by atoms with Crippen LogP contribution in [0.3, 0.4) is 0 Å². The highest BCUT2D eigenvalue weighted by molar-refractivity contribution is 6.34. The summed E-state index contributed by atoms with van der Waals surface area (Å²) in [6.07, 6.45) is 8.34. The summed E-state index contributed by atoms with van der Waals surface area (Å²) in [7, 11) is 0. The zero-order chi connectivity index (χ0) is 36.2. The monoisotopic (exact) mass is 746 g/mol. The molecule has 0 aromatic carbocycles. The van der Waals surface area contributed by atoms with E-state index in [-0.39, 0.29) is 50.9 Å². The van der Waals surface area contributed by atoms with Crippen molar-refractivity contribution in [3.05, 3.63) is 58.6 Å². The highest BCUT2D eigenvalue weighted by Crippen LogP contribution is 2.32. The molecule has 15 nitrogen and oxygen atoms in total. The van der Waals surface area contributed by atoms with E-state index in [9.17, 15) is 13.9 Å².